The van der Waals surface area contributed by atoms with Crippen molar-refractivity contribution < 1.29 is 83.6 Å². The molecule has 2 saturated heterocycles. The van der Waals surface area contributed by atoms with Crippen molar-refractivity contribution in [2.24, 2.45) is 0 Å². The maximum atomic E-state index is 12.8. The van der Waals surface area contributed by atoms with Gasteiger partial charge in [0.2, 0.25) is 5.79 Å². The highest BCUT2D eigenvalue weighted by molar-refractivity contribution is 5.88. The second-order valence-corrected chi connectivity index (χ2v) is 10.9. The molecule has 2 aromatic rings. The van der Waals surface area contributed by atoms with Crippen molar-refractivity contribution in [3.63, 3.8) is 0 Å². The van der Waals surface area contributed by atoms with Crippen LogP contribution in [0.4, 0.5) is 0 Å². The highest BCUT2D eigenvalue weighted by Gasteiger charge is 2.60. The second-order valence-electron chi connectivity index (χ2n) is 10.9. The minimum atomic E-state index is -2.47. The molecule has 17 heteroatoms. The first-order valence-electron chi connectivity index (χ1n) is 14.8. The predicted molar refractivity (Wildman–Crippen MR) is 164 cm³/mol. The number of rotatable bonds is 13. The topological polar surface area (TPSA) is 261 Å². The molecule has 17 nitrogen and oxygen atoms in total. The summed E-state index contributed by atoms with van der Waals surface area (Å²) in [4.78, 5) is 25.2. The van der Waals surface area contributed by atoms with Crippen LogP contribution in [0.25, 0.3) is 12.2 Å². The molecule has 0 saturated carbocycles. The van der Waals surface area contributed by atoms with E-state index in [0.717, 1.165) is 12.2 Å². The molecule has 2 aliphatic heterocycles. The van der Waals surface area contributed by atoms with Crippen LogP contribution in [0.3, 0.4) is 0 Å². The number of aliphatic hydroxyl groups is 6. The molecular formula is C32H38O17. The zero-order valence-electron chi connectivity index (χ0n) is 26.3. The number of benzene rings is 2. The van der Waals surface area contributed by atoms with Gasteiger partial charge in [-0.1, -0.05) is 12.1 Å². The molecule has 0 aromatic heterocycles. The van der Waals surface area contributed by atoms with Gasteiger partial charge in [-0.3, -0.25) is 0 Å². The average molecular weight is 695 g/mol. The summed E-state index contributed by atoms with van der Waals surface area (Å²) in [7, 11) is 2.69. The van der Waals surface area contributed by atoms with Crippen LogP contribution in [0.5, 0.6) is 23.0 Å². The number of aromatic hydroxyl groups is 2. The summed E-state index contributed by atoms with van der Waals surface area (Å²) in [6.07, 6.45) is -9.57. The number of aliphatic hydroxyl groups excluding tert-OH is 6. The molecule has 2 aliphatic rings. The Kier molecular flexibility index (Phi) is 12.6. The lowest BCUT2D eigenvalue weighted by Gasteiger charge is -2.43. The summed E-state index contributed by atoms with van der Waals surface area (Å²) < 4.78 is 37.3. The van der Waals surface area contributed by atoms with Gasteiger partial charge in [0.15, 0.2) is 35.4 Å². The average Bonchev–Trinajstić information content (AvgIpc) is 3.36. The predicted octanol–water partition coefficient (Wildman–Crippen LogP) is -1.44. The normalized spacial score (nSPS) is 30.0. The Bertz CT molecular complexity index is 1510. The van der Waals surface area contributed by atoms with Crippen molar-refractivity contribution in [3.8, 4) is 23.0 Å². The summed E-state index contributed by atoms with van der Waals surface area (Å²) in [5, 5.41) is 82.2. The van der Waals surface area contributed by atoms with Gasteiger partial charge in [-0.2, -0.15) is 0 Å². The van der Waals surface area contributed by atoms with Crippen LogP contribution in [0.1, 0.15) is 11.1 Å². The molecule has 0 amide bonds. The van der Waals surface area contributed by atoms with E-state index in [1.165, 1.54) is 62.8 Å². The van der Waals surface area contributed by atoms with Crippen LogP contribution in [0.2, 0.25) is 0 Å². The molecule has 2 fully saturated rings. The summed E-state index contributed by atoms with van der Waals surface area (Å²) in [5.74, 6) is -4.38. The summed E-state index contributed by atoms with van der Waals surface area (Å²) >= 11 is 0. The number of ether oxygens (including phenoxy) is 7. The maximum Gasteiger partial charge on any atom is 0.331 e. The molecule has 268 valence electrons. The van der Waals surface area contributed by atoms with Crippen molar-refractivity contribution in [3.05, 3.63) is 59.7 Å². The monoisotopic (exact) mass is 694 g/mol. The molecule has 9 unspecified atom stereocenters. The van der Waals surface area contributed by atoms with Crippen molar-refractivity contribution in [2.75, 3.05) is 34.0 Å². The number of hydrogen-bond acceptors (Lipinski definition) is 17. The van der Waals surface area contributed by atoms with Crippen LogP contribution in [0, 0.1) is 0 Å². The lowest BCUT2D eigenvalue weighted by molar-refractivity contribution is -0.383. The molecule has 2 heterocycles. The molecule has 8 N–H and O–H groups in total. The largest absolute Gasteiger partial charge is 0.504 e. The molecule has 0 spiro atoms. The summed E-state index contributed by atoms with van der Waals surface area (Å²) in [6.45, 7) is -2.61. The lowest BCUT2D eigenvalue weighted by atomic mass is 9.99. The van der Waals surface area contributed by atoms with Gasteiger partial charge in [0.1, 0.15) is 49.8 Å². The van der Waals surface area contributed by atoms with Crippen molar-refractivity contribution in [1.82, 2.24) is 0 Å². The van der Waals surface area contributed by atoms with Gasteiger partial charge in [0, 0.05) is 12.2 Å². The van der Waals surface area contributed by atoms with E-state index in [0.29, 0.717) is 11.1 Å². The maximum absolute atomic E-state index is 12.8. The molecule has 0 bridgehead atoms. The Morgan fingerprint density at radius 3 is 1.90 bits per heavy atom. The molecule has 9 atom stereocenters. The fourth-order valence-corrected chi connectivity index (χ4v) is 5.06. The number of methoxy groups -OCH3 is 2. The number of phenols is 2. The van der Waals surface area contributed by atoms with Gasteiger partial charge >= 0.3 is 11.9 Å². The van der Waals surface area contributed by atoms with Gasteiger partial charge in [0.25, 0.3) is 0 Å². The number of carbonyl (C=O) groups is 2. The zero-order chi connectivity index (χ0) is 35.9. The van der Waals surface area contributed by atoms with Crippen LogP contribution in [-0.4, -0.2) is 142 Å². The smallest absolute Gasteiger partial charge is 0.331 e. The Hall–Kier alpha value is -4.30. The molecule has 49 heavy (non-hydrogen) atoms. The van der Waals surface area contributed by atoms with Crippen LogP contribution in [0.15, 0.2) is 48.6 Å². The number of carbonyl (C=O) groups excluding carboxylic acids is 2. The SMILES string of the molecule is COc1cc(C=CC(=O)OCC2OC(OC3(CO)OC(CO)C(O)C3OC(=O)C=Cc3ccc(O)c(OC)c3)C(O)C(O)C2O)ccc1O. The van der Waals surface area contributed by atoms with Crippen LogP contribution in [-0.2, 0) is 33.3 Å². The van der Waals surface area contributed by atoms with E-state index >= 15 is 0 Å². The van der Waals surface area contributed by atoms with E-state index < -0.39 is 86.6 Å². The highest BCUT2D eigenvalue weighted by Crippen LogP contribution is 2.38. The summed E-state index contributed by atoms with van der Waals surface area (Å²) in [5.41, 5.74) is 0.898. The zero-order valence-corrected chi connectivity index (χ0v) is 26.3. The third-order valence-corrected chi connectivity index (χ3v) is 7.72. The quantitative estimate of drug-likeness (QED) is 0.0882. The fourth-order valence-electron chi connectivity index (χ4n) is 5.06. The minimum absolute atomic E-state index is 0.108. The number of esters is 2. The number of phenolic OH excluding ortho intramolecular Hbond substituents is 2. The van der Waals surface area contributed by atoms with Crippen LogP contribution < -0.4 is 9.47 Å². The van der Waals surface area contributed by atoms with E-state index in [1.807, 2.05) is 0 Å². The first kappa shape index (κ1) is 37.5. The molecular weight excluding hydrogens is 656 g/mol. The standard InChI is InChI=1S/C32H38O17/c1-43-20-11-16(3-7-18(20)35)5-9-24(37)45-14-23-26(39)28(41)29(42)31(46-23)49-32(15-34)30(27(40)22(13-33)48-32)47-25(38)10-6-17-4-8-19(36)21(12-17)44-2/h3-12,22-23,26-31,33-36,39-42H,13-15H2,1-2H3. The van der Waals surface area contributed by atoms with Gasteiger partial charge in [-0.05, 0) is 47.5 Å². The Labute approximate surface area is 279 Å². The minimum Gasteiger partial charge on any atom is -0.504 e. The van der Waals surface area contributed by atoms with E-state index in [4.69, 9.17) is 33.2 Å². The van der Waals surface area contributed by atoms with Gasteiger partial charge in [0.05, 0.1) is 20.8 Å². The lowest BCUT2D eigenvalue weighted by Crippen LogP contribution is -2.63. The van der Waals surface area contributed by atoms with E-state index in [2.05, 4.69) is 0 Å². The summed E-state index contributed by atoms with van der Waals surface area (Å²) in [6, 6.07) is 8.54. The van der Waals surface area contributed by atoms with Crippen molar-refractivity contribution >= 4 is 24.1 Å². The second kappa shape index (κ2) is 16.4. The van der Waals surface area contributed by atoms with Gasteiger partial charge < -0.3 is 74.0 Å². The first-order chi connectivity index (χ1) is 23.4. The van der Waals surface area contributed by atoms with E-state index in [-0.39, 0.29) is 23.0 Å². The van der Waals surface area contributed by atoms with Crippen LogP contribution >= 0.6 is 0 Å². The third kappa shape index (κ3) is 8.66. The Balaban J connectivity index is 1.46. The van der Waals surface area contributed by atoms with Crippen molar-refractivity contribution in [2.45, 2.75) is 54.8 Å². The van der Waals surface area contributed by atoms with E-state index in [1.54, 1.807) is 0 Å². The molecule has 4 rings (SSSR count). The fraction of sp³-hybridized carbons (Fsp3) is 0.438. The Morgan fingerprint density at radius 1 is 0.796 bits per heavy atom. The highest BCUT2D eigenvalue weighted by atomic mass is 16.8. The number of hydrogen-bond donors (Lipinski definition) is 8. The third-order valence-electron chi connectivity index (χ3n) is 7.72. The molecule has 2 aromatic carbocycles. The van der Waals surface area contributed by atoms with Gasteiger partial charge in [-0.25, -0.2) is 9.59 Å². The molecule has 0 radical (unpaired) electrons. The Morgan fingerprint density at radius 2 is 1.37 bits per heavy atom. The van der Waals surface area contributed by atoms with E-state index in [9.17, 15) is 50.4 Å². The van der Waals surface area contributed by atoms with Gasteiger partial charge in [-0.15, -0.1) is 0 Å². The van der Waals surface area contributed by atoms with Crippen molar-refractivity contribution in [1.29, 1.82) is 0 Å². The molecule has 0 aliphatic carbocycles. The first-order valence-corrected chi connectivity index (χ1v) is 14.8.